The van der Waals surface area contributed by atoms with E-state index in [-0.39, 0.29) is 6.42 Å². The van der Waals surface area contributed by atoms with Crippen molar-refractivity contribution in [2.75, 3.05) is 0 Å². The highest BCUT2D eigenvalue weighted by atomic mass is 32.2. The van der Waals surface area contributed by atoms with Crippen LogP contribution in [0.15, 0.2) is 29.2 Å². The molecule has 0 unspecified atom stereocenters. The third-order valence-corrected chi connectivity index (χ3v) is 2.64. The smallest absolute Gasteiger partial charge is 0.0832 e. The predicted molar refractivity (Wildman–Crippen MR) is 55.0 cm³/mol. The normalized spacial score (nSPS) is 9.23. The lowest BCUT2D eigenvalue weighted by Gasteiger charge is -2.02. The summed E-state index contributed by atoms with van der Waals surface area (Å²) in [5.41, 5.74) is 1.15. The Morgan fingerprint density at radius 1 is 1.54 bits per heavy atom. The van der Waals surface area contributed by atoms with Gasteiger partial charge in [0.25, 0.3) is 0 Å². The van der Waals surface area contributed by atoms with Crippen LogP contribution in [-0.4, -0.2) is 5.04 Å². The Morgan fingerprint density at radius 2 is 2.23 bits per heavy atom. The number of rotatable bonds is 2. The molecule has 1 aromatic rings. The van der Waals surface area contributed by atoms with Gasteiger partial charge in [0.2, 0.25) is 0 Å². The molecule has 0 spiro atoms. The summed E-state index contributed by atoms with van der Waals surface area (Å²) in [5.74, 6) is 0. The molecule has 0 radical (unpaired) electrons. The van der Waals surface area contributed by atoms with Gasteiger partial charge in [-0.25, -0.2) is 0 Å². The van der Waals surface area contributed by atoms with Gasteiger partial charge >= 0.3 is 0 Å². The maximum atomic E-state index is 8.38. The van der Waals surface area contributed by atoms with Crippen molar-refractivity contribution in [1.29, 1.82) is 10.7 Å². The predicted octanol–water partition coefficient (Wildman–Crippen LogP) is 2.98. The van der Waals surface area contributed by atoms with Gasteiger partial charge in [0.15, 0.2) is 0 Å². The molecular formula is C10H10N2S. The first-order valence-electron chi connectivity index (χ1n) is 3.92. The van der Waals surface area contributed by atoms with Crippen LogP contribution in [0.3, 0.4) is 0 Å². The van der Waals surface area contributed by atoms with Crippen LogP contribution in [0.25, 0.3) is 0 Å². The second-order valence-electron chi connectivity index (χ2n) is 2.63. The molecule has 13 heavy (non-hydrogen) atoms. The third-order valence-electron chi connectivity index (χ3n) is 1.57. The van der Waals surface area contributed by atoms with Crippen molar-refractivity contribution in [2.45, 2.75) is 18.2 Å². The largest absolute Gasteiger partial charge is 0.297 e. The molecule has 66 valence electrons. The van der Waals surface area contributed by atoms with E-state index in [2.05, 4.69) is 0 Å². The monoisotopic (exact) mass is 190 g/mol. The van der Waals surface area contributed by atoms with E-state index in [1.165, 1.54) is 11.8 Å². The quantitative estimate of drug-likeness (QED) is 0.442. The molecule has 0 saturated carbocycles. The minimum atomic E-state index is 0.193. The van der Waals surface area contributed by atoms with Crippen molar-refractivity contribution >= 4 is 16.8 Å². The van der Waals surface area contributed by atoms with Crippen LogP contribution in [0.4, 0.5) is 0 Å². The summed E-state index contributed by atoms with van der Waals surface area (Å²) >= 11 is 1.36. The summed E-state index contributed by atoms with van der Waals surface area (Å²) in [6.45, 7) is 2.00. The fraction of sp³-hybridized carbons (Fsp3) is 0.200. The maximum absolute atomic E-state index is 8.38. The standard InChI is InChI=1S/C10H10N2S/c1-8-4-2-3-5-9(8)13-10(12)6-7-11/h2-5,12H,6H2,1H3. The van der Waals surface area contributed by atoms with Crippen LogP contribution >= 0.6 is 11.8 Å². The number of nitriles is 1. The summed E-state index contributed by atoms with van der Waals surface area (Å²) < 4.78 is 0. The van der Waals surface area contributed by atoms with Crippen molar-refractivity contribution in [1.82, 2.24) is 0 Å². The lowest BCUT2D eigenvalue weighted by Crippen LogP contribution is -1.88. The van der Waals surface area contributed by atoms with Gasteiger partial charge in [0, 0.05) is 4.90 Å². The summed E-state index contributed by atoms with van der Waals surface area (Å²) in [6, 6.07) is 9.83. The number of nitrogens with zero attached hydrogens (tertiary/aromatic N) is 1. The number of thioether (sulfide) groups is 1. The Morgan fingerprint density at radius 3 is 2.85 bits per heavy atom. The van der Waals surface area contributed by atoms with E-state index >= 15 is 0 Å². The van der Waals surface area contributed by atoms with Gasteiger partial charge in [0.05, 0.1) is 17.5 Å². The van der Waals surface area contributed by atoms with Crippen LogP contribution in [0.5, 0.6) is 0 Å². The highest BCUT2D eigenvalue weighted by Crippen LogP contribution is 2.23. The van der Waals surface area contributed by atoms with Gasteiger partial charge in [-0.15, -0.1) is 0 Å². The lowest BCUT2D eigenvalue weighted by atomic mass is 10.2. The topological polar surface area (TPSA) is 47.6 Å². The van der Waals surface area contributed by atoms with Crippen molar-refractivity contribution in [3.8, 4) is 6.07 Å². The van der Waals surface area contributed by atoms with E-state index in [0.29, 0.717) is 5.04 Å². The first-order chi connectivity index (χ1) is 6.24. The van der Waals surface area contributed by atoms with Crippen molar-refractivity contribution < 1.29 is 0 Å². The van der Waals surface area contributed by atoms with Crippen molar-refractivity contribution in [3.05, 3.63) is 29.8 Å². The molecule has 0 atom stereocenters. The highest BCUT2D eigenvalue weighted by molar-refractivity contribution is 8.13. The van der Waals surface area contributed by atoms with Crippen LogP contribution in [0.1, 0.15) is 12.0 Å². The number of aryl methyl sites for hydroxylation is 1. The number of nitrogens with one attached hydrogen (secondary N) is 1. The van der Waals surface area contributed by atoms with Crippen LogP contribution in [0, 0.1) is 23.7 Å². The van der Waals surface area contributed by atoms with Crippen LogP contribution in [0.2, 0.25) is 0 Å². The molecule has 0 saturated heterocycles. The van der Waals surface area contributed by atoms with E-state index in [1.807, 2.05) is 37.3 Å². The second kappa shape index (κ2) is 4.68. The van der Waals surface area contributed by atoms with Crippen molar-refractivity contribution in [2.24, 2.45) is 0 Å². The van der Waals surface area contributed by atoms with Gasteiger partial charge in [-0.05, 0) is 18.6 Å². The summed E-state index contributed by atoms with van der Waals surface area (Å²) in [4.78, 5) is 1.06. The Kier molecular flexibility index (Phi) is 3.53. The SMILES string of the molecule is Cc1ccccc1SC(=N)CC#N. The van der Waals surface area contributed by atoms with E-state index in [1.54, 1.807) is 0 Å². The zero-order chi connectivity index (χ0) is 9.68. The number of hydrogen-bond acceptors (Lipinski definition) is 3. The number of benzene rings is 1. The van der Waals surface area contributed by atoms with Gasteiger partial charge in [-0.3, -0.25) is 5.41 Å². The molecule has 1 aromatic carbocycles. The molecule has 0 aliphatic rings. The molecule has 0 heterocycles. The zero-order valence-corrected chi connectivity index (χ0v) is 8.19. The minimum absolute atomic E-state index is 0.193. The fourth-order valence-electron chi connectivity index (χ4n) is 0.912. The molecule has 0 bridgehead atoms. The van der Waals surface area contributed by atoms with Gasteiger partial charge in [-0.2, -0.15) is 5.26 Å². The van der Waals surface area contributed by atoms with E-state index in [9.17, 15) is 0 Å². The van der Waals surface area contributed by atoms with Gasteiger partial charge < -0.3 is 0 Å². The van der Waals surface area contributed by atoms with Crippen molar-refractivity contribution in [3.63, 3.8) is 0 Å². The summed E-state index contributed by atoms with van der Waals surface area (Å²) in [7, 11) is 0. The molecule has 0 aliphatic carbocycles. The van der Waals surface area contributed by atoms with Crippen LogP contribution in [-0.2, 0) is 0 Å². The average Bonchev–Trinajstić information content (AvgIpc) is 2.09. The minimum Gasteiger partial charge on any atom is -0.297 e. The molecule has 2 nitrogen and oxygen atoms in total. The zero-order valence-electron chi connectivity index (χ0n) is 7.37. The highest BCUT2D eigenvalue weighted by Gasteiger charge is 2.01. The Bertz CT molecular complexity index is 352. The molecule has 0 aliphatic heterocycles. The third kappa shape index (κ3) is 2.92. The molecule has 1 N–H and O–H groups in total. The Labute approximate surface area is 82.1 Å². The van der Waals surface area contributed by atoms with Gasteiger partial charge in [-0.1, -0.05) is 30.0 Å². The molecule has 1 rings (SSSR count). The maximum Gasteiger partial charge on any atom is 0.0832 e. The Balaban J connectivity index is 2.70. The molecule has 3 heteroatoms. The first-order valence-corrected chi connectivity index (χ1v) is 4.73. The molecular weight excluding hydrogens is 180 g/mol. The molecule has 0 fully saturated rings. The summed E-state index contributed by atoms with van der Waals surface area (Å²) in [6.07, 6.45) is 0.193. The van der Waals surface area contributed by atoms with E-state index < -0.39 is 0 Å². The first kappa shape index (κ1) is 9.82. The van der Waals surface area contributed by atoms with E-state index in [0.717, 1.165) is 10.5 Å². The lowest BCUT2D eigenvalue weighted by molar-refractivity contribution is 1.30. The summed E-state index contributed by atoms with van der Waals surface area (Å²) in [5, 5.41) is 16.2. The molecule has 0 amide bonds. The fourth-order valence-corrected chi connectivity index (χ4v) is 1.69. The van der Waals surface area contributed by atoms with Gasteiger partial charge in [0.1, 0.15) is 0 Å². The van der Waals surface area contributed by atoms with Crippen LogP contribution < -0.4 is 0 Å². The second-order valence-corrected chi connectivity index (χ2v) is 3.76. The Hall–Kier alpha value is -1.27. The van der Waals surface area contributed by atoms with E-state index in [4.69, 9.17) is 10.7 Å². The molecule has 0 aromatic heterocycles. The average molecular weight is 190 g/mol. The number of hydrogen-bond donors (Lipinski definition) is 1.